The van der Waals surface area contributed by atoms with E-state index in [4.69, 9.17) is 4.74 Å². The van der Waals surface area contributed by atoms with Crippen molar-refractivity contribution in [2.75, 3.05) is 13.1 Å². The molecule has 2 amide bonds. The smallest absolute Gasteiger partial charge is 0.426 e. The van der Waals surface area contributed by atoms with Crippen LogP contribution in [0.15, 0.2) is 30.3 Å². The lowest BCUT2D eigenvalue weighted by molar-refractivity contribution is -0.123. The molecule has 0 saturated heterocycles. The summed E-state index contributed by atoms with van der Waals surface area (Å²) in [5, 5.41) is 2.64. The Kier molecular flexibility index (Phi) is 7.16. The molecule has 1 aromatic carbocycles. The van der Waals surface area contributed by atoms with Crippen LogP contribution in [0, 0.1) is 0 Å². The van der Waals surface area contributed by atoms with Gasteiger partial charge in [-0.15, -0.1) is 0 Å². The zero-order valence-corrected chi connectivity index (χ0v) is 13.1. The molecule has 0 unspecified atom stereocenters. The summed E-state index contributed by atoms with van der Waals surface area (Å²) < 4.78 is 5.86. The topological polar surface area (TPSA) is 75.7 Å². The second-order valence-corrected chi connectivity index (χ2v) is 4.99. The summed E-state index contributed by atoms with van der Waals surface area (Å²) in [6.07, 6.45) is -0.732. The normalized spacial score (nSPS) is 9.90. The molecule has 1 N–H and O–H groups in total. The number of ketones is 1. The monoisotopic (exact) mass is 390 g/mol. The molecule has 0 atom stereocenters. The van der Waals surface area contributed by atoms with Gasteiger partial charge in [0.2, 0.25) is 0 Å². The molecule has 6 nitrogen and oxygen atoms in total. The third-order valence-corrected chi connectivity index (χ3v) is 3.17. The number of hydrogen-bond acceptors (Lipinski definition) is 5. The molecule has 0 fully saturated rings. The Morgan fingerprint density at radius 1 is 1.20 bits per heavy atom. The summed E-state index contributed by atoms with van der Waals surface area (Å²) in [6, 6.07) is 9.17. The molecule has 0 heterocycles. The number of halogens is 1. The van der Waals surface area contributed by atoms with Crippen LogP contribution in [0.4, 0.5) is 4.79 Å². The maximum absolute atomic E-state index is 11.6. The van der Waals surface area contributed by atoms with Gasteiger partial charge >= 0.3 is 6.09 Å². The molecular formula is C13H15IN2O4. The summed E-state index contributed by atoms with van der Waals surface area (Å²) in [6.45, 7) is 1.51. The molecule has 1 rings (SSSR count). The number of rotatable bonds is 6. The number of Topliss-reactive ketones (excluding diaryl/α,β-unsaturated/α-hetero) is 1. The fraction of sp³-hybridized carbons (Fsp3) is 0.308. The van der Waals surface area contributed by atoms with Gasteiger partial charge in [0.05, 0.1) is 36.0 Å². The third kappa shape index (κ3) is 6.11. The van der Waals surface area contributed by atoms with Crippen LogP contribution in [0.3, 0.4) is 0 Å². The summed E-state index contributed by atoms with van der Waals surface area (Å²) in [4.78, 5) is 34.0. The van der Waals surface area contributed by atoms with Crippen molar-refractivity contribution >= 4 is 40.6 Å². The number of hydrogen-bond donors (Lipinski definition) is 1. The van der Waals surface area contributed by atoms with E-state index in [1.165, 1.54) is 6.92 Å². The zero-order chi connectivity index (χ0) is 15.0. The molecular weight excluding hydrogens is 375 g/mol. The van der Waals surface area contributed by atoms with Crippen LogP contribution in [0.5, 0.6) is 0 Å². The van der Waals surface area contributed by atoms with Crippen LogP contribution in [0.25, 0.3) is 0 Å². The highest BCUT2D eigenvalue weighted by Crippen LogP contribution is 2.07. The van der Waals surface area contributed by atoms with Crippen LogP contribution in [-0.4, -0.2) is 34.0 Å². The largest absolute Gasteiger partial charge is 0.444 e. The number of benzene rings is 1. The standard InChI is InChI=1S/C13H15IN2O4/c1-10(17)7-15-8-12(18)16(14)13(19)20-9-11-5-3-2-4-6-11/h2-6,15H,7-9H2,1H3. The minimum atomic E-state index is -0.732. The first kappa shape index (κ1) is 16.6. The van der Waals surface area contributed by atoms with Gasteiger partial charge in [-0.3, -0.25) is 9.59 Å². The van der Waals surface area contributed by atoms with E-state index in [9.17, 15) is 14.4 Å². The fourth-order valence-electron chi connectivity index (χ4n) is 1.29. The Labute approximate surface area is 131 Å². The SMILES string of the molecule is CC(=O)CNCC(=O)N(I)C(=O)OCc1ccccc1. The van der Waals surface area contributed by atoms with Gasteiger partial charge in [-0.25, -0.2) is 4.79 Å². The van der Waals surface area contributed by atoms with Gasteiger partial charge in [0.25, 0.3) is 5.91 Å². The number of amides is 2. The first-order valence-corrected chi connectivity index (χ1v) is 6.86. The van der Waals surface area contributed by atoms with Gasteiger partial charge in [0.15, 0.2) is 0 Å². The van der Waals surface area contributed by atoms with Crippen molar-refractivity contribution in [3.8, 4) is 0 Å². The lowest BCUT2D eigenvalue weighted by atomic mass is 10.2. The average Bonchev–Trinajstić information content (AvgIpc) is 2.44. The predicted molar refractivity (Wildman–Crippen MR) is 81.0 cm³/mol. The van der Waals surface area contributed by atoms with E-state index in [2.05, 4.69) is 5.32 Å². The van der Waals surface area contributed by atoms with Gasteiger partial charge < -0.3 is 10.1 Å². The lowest BCUT2D eigenvalue weighted by Gasteiger charge is -2.13. The van der Waals surface area contributed by atoms with Crippen LogP contribution in [0.1, 0.15) is 12.5 Å². The molecule has 0 aliphatic carbocycles. The van der Waals surface area contributed by atoms with E-state index >= 15 is 0 Å². The Bertz CT molecular complexity index is 479. The summed E-state index contributed by atoms with van der Waals surface area (Å²) in [5.41, 5.74) is 0.841. The average molecular weight is 390 g/mol. The van der Waals surface area contributed by atoms with Gasteiger partial charge in [-0.2, -0.15) is 3.11 Å². The van der Waals surface area contributed by atoms with Crippen LogP contribution in [0.2, 0.25) is 0 Å². The van der Waals surface area contributed by atoms with Crippen LogP contribution in [-0.2, 0) is 20.9 Å². The molecule has 7 heteroatoms. The summed E-state index contributed by atoms with van der Waals surface area (Å²) in [7, 11) is 0. The van der Waals surface area contributed by atoms with Crippen LogP contribution >= 0.6 is 22.9 Å². The summed E-state index contributed by atoms with van der Waals surface area (Å²) in [5.74, 6) is -0.547. The first-order valence-electron chi connectivity index (χ1n) is 5.90. The van der Waals surface area contributed by atoms with E-state index in [-0.39, 0.29) is 25.5 Å². The molecule has 0 radical (unpaired) electrons. The highest BCUT2D eigenvalue weighted by atomic mass is 127. The molecule has 108 valence electrons. The maximum atomic E-state index is 11.6. The molecule has 0 spiro atoms. The molecule has 0 saturated carbocycles. The highest BCUT2D eigenvalue weighted by molar-refractivity contribution is 14.1. The third-order valence-electron chi connectivity index (χ3n) is 2.23. The Balaban J connectivity index is 2.34. The minimum absolute atomic E-state index is 0.0792. The van der Waals surface area contributed by atoms with E-state index in [0.29, 0.717) is 0 Å². The summed E-state index contributed by atoms with van der Waals surface area (Å²) >= 11 is 1.58. The van der Waals surface area contributed by atoms with Crippen molar-refractivity contribution in [1.82, 2.24) is 8.43 Å². The fourth-order valence-corrected chi connectivity index (χ4v) is 1.60. The second kappa shape index (κ2) is 8.64. The quantitative estimate of drug-likeness (QED) is 0.591. The number of nitrogens with zero attached hydrogens (tertiary/aromatic N) is 1. The minimum Gasteiger partial charge on any atom is -0.444 e. The van der Waals surface area contributed by atoms with E-state index in [1.54, 1.807) is 22.9 Å². The van der Waals surface area contributed by atoms with Crippen molar-refractivity contribution in [3.05, 3.63) is 35.9 Å². The number of ether oxygens (including phenoxy) is 1. The van der Waals surface area contributed by atoms with E-state index in [1.807, 2.05) is 30.3 Å². The van der Waals surface area contributed by atoms with Crippen molar-refractivity contribution in [2.45, 2.75) is 13.5 Å². The predicted octanol–water partition coefficient (Wildman–Crippen LogP) is 1.68. The molecule has 1 aromatic rings. The van der Waals surface area contributed by atoms with Gasteiger partial charge in [-0.1, -0.05) is 30.3 Å². The maximum Gasteiger partial charge on any atom is 0.426 e. The number of nitrogens with one attached hydrogen (secondary N) is 1. The number of carbonyl (C=O) groups excluding carboxylic acids is 3. The lowest BCUT2D eigenvalue weighted by Crippen LogP contribution is -2.37. The zero-order valence-electron chi connectivity index (χ0n) is 11.0. The molecule has 0 aliphatic heterocycles. The molecule has 0 aromatic heterocycles. The van der Waals surface area contributed by atoms with E-state index in [0.717, 1.165) is 8.68 Å². The van der Waals surface area contributed by atoms with Gasteiger partial charge in [-0.05, 0) is 12.5 Å². The Hall–Kier alpha value is -1.48. The van der Waals surface area contributed by atoms with Crippen molar-refractivity contribution in [2.24, 2.45) is 0 Å². The highest BCUT2D eigenvalue weighted by Gasteiger charge is 2.19. The van der Waals surface area contributed by atoms with Crippen LogP contribution < -0.4 is 5.32 Å². The van der Waals surface area contributed by atoms with Crippen molar-refractivity contribution in [1.29, 1.82) is 0 Å². The molecule has 0 bridgehead atoms. The Morgan fingerprint density at radius 3 is 2.45 bits per heavy atom. The molecule has 0 aliphatic rings. The number of carbonyl (C=O) groups is 3. The van der Waals surface area contributed by atoms with Gasteiger partial charge in [0, 0.05) is 0 Å². The number of imide groups is 1. The Morgan fingerprint density at radius 2 is 1.85 bits per heavy atom. The van der Waals surface area contributed by atoms with Crippen molar-refractivity contribution in [3.63, 3.8) is 0 Å². The van der Waals surface area contributed by atoms with Gasteiger partial charge in [0.1, 0.15) is 12.4 Å². The van der Waals surface area contributed by atoms with E-state index < -0.39 is 12.0 Å². The second-order valence-electron chi connectivity index (χ2n) is 4.02. The first-order chi connectivity index (χ1) is 9.50. The molecule has 20 heavy (non-hydrogen) atoms. The van der Waals surface area contributed by atoms with Crippen molar-refractivity contribution < 1.29 is 19.1 Å².